The van der Waals surface area contributed by atoms with Gasteiger partial charge in [0.05, 0.1) is 11.7 Å². The summed E-state index contributed by atoms with van der Waals surface area (Å²) in [6.45, 7) is 2.04. The maximum Gasteiger partial charge on any atom is 0.230 e. The van der Waals surface area contributed by atoms with Crippen molar-refractivity contribution in [3.8, 4) is 0 Å². The Hall–Kier alpha value is -2.00. The average Bonchev–Trinajstić information content (AvgIpc) is 3.05. The summed E-state index contributed by atoms with van der Waals surface area (Å²) >= 11 is 0. The van der Waals surface area contributed by atoms with Gasteiger partial charge in [0.1, 0.15) is 5.82 Å². The highest BCUT2D eigenvalue weighted by molar-refractivity contribution is 7.88. The van der Waals surface area contributed by atoms with Crippen molar-refractivity contribution >= 4 is 21.8 Å². The largest absolute Gasteiger partial charge is 0.342 e. The maximum atomic E-state index is 13.2. The molecule has 0 unspecified atom stereocenters. The highest BCUT2D eigenvalue weighted by Crippen LogP contribution is 2.40. The van der Waals surface area contributed by atoms with Gasteiger partial charge in [-0.1, -0.05) is 12.1 Å². The summed E-state index contributed by atoms with van der Waals surface area (Å²) in [7, 11) is -3.32. The van der Waals surface area contributed by atoms with Crippen molar-refractivity contribution in [2.45, 2.75) is 32.2 Å². The van der Waals surface area contributed by atoms with Crippen LogP contribution in [-0.4, -0.2) is 62.5 Å². The fraction of sp³-hybridized carbons (Fsp3) is 0.579. The van der Waals surface area contributed by atoms with Crippen LogP contribution in [0.5, 0.6) is 0 Å². The number of halogens is 1. The van der Waals surface area contributed by atoms with Crippen molar-refractivity contribution in [1.82, 2.24) is 14.5 Å². The lowest BCUT2D eigenvalue weighted by Gasteiger charge is -2.39. The molecule has 2 aliphatic heterocycles. The lowest BCUT2D eigenvalue weighted by molar-refractivity contribution is -0.146. The number of benzene rings is 1. The van der Waals surface area contributed by atoms with Gasteiger partial charge in [-0.15, -0.1) is 0 Å². The fourth-order valence-electron chi connectivity index (χ4n) is 4.08. The number of nitrogens with one attached hydrogen (secondary N) is 1. The van der Waals surface area contributed by atoms with Crippen LogP contribution in [0.1, 0.15) is 31.2 Å². The lowest BCUT2D eigenvalue weighted by atomic mass is 9.78. The van der Waals surface area contributed by atoms with Gasteiger partial charge in [0.15, 0.2) is 0 Å². The van der Waals surface area contributed by atoms with E-state index in [1.807, 2.05) is 0 Å². The summed E-state index contributed by atoms with van der Waals surface area (Å²) in [5.74, 6) is -0.399. The van der Waals surface area contributed by atoms with Crippen LogP contribution in [0.3, 0.4) is 0 Å². The van der Waals surface area contributed by atoms with Gasteiger partial charge in [-0.2, -0.15) is 0 Å². The molecule has 9 heteroatoms. The van der Waals surface area contributed by atoms with E-state index in [4.69, 9.17) is 0 Å². The molecule has 7 nitrogen and oxygen atoms in total. The van der Waals surface area contributed by atoms with Gasteiger partial charge in [0.25, 0.3) is 0 Å². The van der Waals surface area contributed by atoms with Crippen molar-refractivity contribution in [1.29, 1.82) is 0 Å². The van der Waals surface area contributed by atoms with Crippen molar-refractivity contribution in [2.24, 2.45) is 5.41 Å². The minimum atomic E-state index is -3.32. The van der Waals surface area contributed by atoms with E-state index in [-0.39, 0.29) is 30.6 Å². The van der Waals surface area contributed by atoms with Gasteiger partial charge in [-0.25, -0.2) is 17.5 Å². The number of rotatable bonds is 6. The molecule has 1 spiro atoms. The van der Waals surface area contributed by atoms with Crippen LogP contribution in [-0.2, 0) is 26.2 Å². The number of carbonyl (C=O) groups excluding carboxylic acids is 2. The molecule has 0 aromatic heterocycles. The second-order valence-electron chi connectivity index (χ2n) is 7.72. The van der Waals surface area contributed by atoms with Crippen molar-refractivity contribution < 1.29 is 22.4 Å². The molecule has 2 fully saturated rings. The first-order chi connectivity index (χ1) is 13.2. The van der Waals surface area contributed by atoms with E-state index in [0.29, 0.717) is 32.6 Å². The molecule has 2 heterocycles. The quantitative estimate of drug-likeness (QED) is 0.760. The summed E-state index contributed by atoms with van der Waals surface area (Å²) in [5, 5.41) is 0. The third-order valence-corrected chi connectivity index (χ3v) is 6.25. The molecule has 2 saturated heterocycles. The zero-order chi connectivity index (χ0) is 20.4. The van der Waals surface area contributed by atoms with Crippen LogP contribution in [0.4, 0.5) is 4.39 Å². The van der Waals surface area contributed by atoms with Crippen LogP contribution in [0.2, 0.25) is 0 Å². The van der Waals surface area contributed by atoms with Gasteiger partial charge in [0.2, 0.25) is 21.8 Å². The van der Waals surface area contributed by atoms with Crippen molar-refractivity contribution in [2.75, 3.05) is 32.4 Å². The molecular formula is C19H26FN3O4S. The predicted molar refractivity (Wildman–Crippen MR) is 102 cm³/mol. The number of carbonyl (C=O) groups is 2. The Morgan fingerprint density at radius 2 is 1.93 bits per heavy atom. The third kappa shape index (κ3) is 4.88. The first-order valence-electron chi connectivity index (χ1n) is 9.45. The summed E-state index contributed by atoms with van der Waals surface area (Å²) in [6.07, 6.45) is 3.37. The number of likely N-dealkylation sites (tertiary alicyclic amines) is 2. The van der Waals surface area contributed by atoms with E-state index in [0.717, 1.165) is 24.7 Å². The number of amides is 2. The van der Waals surface area contributed by atoms with E-state index in [2.05, 4.69) is 4.72 Å². The highest BCUT2D eigenvalue weighted by atomic mass is 32.2. The smallest absolute Gasteiger partial charge is 0.230 e. The second-order valence-corrected chi connectivity index (χ2v) is 9.55. The van der Waals surface area contributed by atoms with Crippen molar-refractivity contribution in [3.63, 3.8) is 0 Å². The third-order valence-electron chi connectivity index (χ3n) is 5.52. The topological polar surface area (TPSA) is 86.8 Å². The summed E-state index contributed by atoms with van der Waals surface area (Å²) in [6, 6.07) is 6.15. The highest BCUT2D eigenvalue weighted by Gasteiger charge is 2.49. The van der Waals surface area contributed by atoms with Crippen LogP contribution in [0.15, 0.2) is 24.3 Å². The number of sulfonamides is 1. The first kappa shape index (κ1) is 20.7. The van der Waals surface area contributed by atoms with Crippen LogP contribution < -0.4 is 4.72 Å². The molecule has 0 radical (unpaired) electrons. The predicted octanol–water partition coefficient (Wildman–Crippen LogP) is 1.11. The number of hydrogen-bond donors (Lipinski definition) is 1. The van der Waals surface area contributed by atoms with E-state index in [1.54, 1.807) is 21.9 Å². The summed E-state index contributed by atoms with van der Waals surface area (Å²) in [5.41, 5.74) is 0.322. The number of piperidine rings is 1. The molecule has 28 heavy (non-hydrogen) atoms. The van der Waals surface area contributed by atoms with Crippen LogP contribution in [0.25, 0.3) is 0 Å². The van der Waals surface area contributed by atoms with Crippen molar-refractivity contribution in [3.05, 3.63) is 35.6 Å². The van der Waals surface area contributed by atoms with Gasteiger partial charge >= 0.3 is 0 Å². The summed E-state index contributed by atoms with van der Waals surface area (Å²) < 4.78 is 37.7. The monoisotopic (exact) mass is 411 g/mol. The van der Waals surface area contributed by atoms with Gasteiger partial charge in [-0.3, -0.25) is 9.59 Å². The molecule has 1 aromatic carbocycles. The molecule has 1 atom stereocenters. The molecule has 1 aromatic rings. The van der Waals surface area contributed by atoms with Gasteiger partial charge < -0.3 is 9.80 Å². The number of hydrogen-bond acceptors (Lipinski definition) is 4. The van der Waals surface area contributed by atoms with E-state index < -0.39 is 15.4 Å². The molecular weight excluding hydrogens is 385 g/mol. The van der Waals surface area contributed by atoms with E-state index in [1.165, 1.54) is 12.1 Å². The first-order valence-corrected chi connectivity index (χ1v) is 11.3. The zero-order valence-electron chi connectivity index (χ0n) is 16.0. The molecule has 1 N–H and O–H groups in total. The SMILES string of the molecule is CS(=O)(=O)NCCC(=O)N1CC[C@]2(CCCN(Cc3ccc(F)cc3)C2=O)C1. The Morgan fingerprint density at radius 3 is 2.61 bits per heavy atom. The Kier molecular flexibility index (Phi) is 6.04. The van der Waals surface area contributed by atoms with Crippen LogP contribution in [0, 0.1) is 11.2 Å². The Balaban J connectivity index is 1.60. The Morgan fingerprint density at radius 1 is 1.21 bits per heavy atom. The second kappa shape index (κ2) is 8.16. The zero-order valence-corrected chi connectivity index (χ0v) is 16.8. The summed E-state index contributed by atoms with van der Waals surface area (Å²) in [4.78, 5) is 29.0. The lowest BCUT2D eigenvalue weighted by Crippen LogP contribution is -2.50. The molecule has 0 aliphatic carbocycles. The molecule has 3 rings (SSSR count). The molecule has 0 bridgehead atoms. The van der Waals surface area contributed by atoms with Crippen LogP contribution >= 0.6 is 0 Å². The fourth-order valence-corrected chi connectivity index (χ4v) is 4.55. The molecule has 2 aliphatic rings. The van der Waals surface area contributed by atoms with Gasteiger partial charge in [-0.05, 0) is 37.0 Å². The maximum absolute atomic E-state index is 13.2. The van der Waals surface area contributed by atoms with E-state index >= 15 is 0 Å². The number of nitrogens with zero attached hydrogens (tertiary/aromatic N) is 2. The molecule has 2 amide bonds. The average molecular weight is 411 g/mol. The normalized spacial score (nSPS) is 22.9. The standard InChI is InChI=1S/C19H26FN3O4S/c1-28(26,27)21-10-7-17(24)23-12-9-19(14-23)8-2-11-22(18(19)25)13-15-3-5-16(20)6-4-15/h3-6,21H,2,7-14H2,1H3/t19-/m1/s1. The minimum Gasteiger partial charge on any atom is -0.342 e. The Bertz CT molecular complexity index is 843. The van der Waals surface area contributed by atoms with Gasteiger partial charge in [0, 0.05) is 39.1 Å². The van der Waals surface area contributed by atoms with E-state index in [9.17, 15) is 22.4 Å². The molecule has 154 valence electrons. The minimum absolute atomic E-state index is 0.0487. The Labute approximate surface area is 164 Å². The molecule has 0 saturated carbocycles.